The first-order chi connectivity index (χ1) is 9.79. The van der Waals surface area contributed by atoms with Crippen LogP contribution in [-0.2, 0) is 14.9 Å². The van der Waals surface area contributed by atoms with E-state index in [0.29, 0.717) is 17.5 Å². The average Bonchev–Trinajstić information content (AvgIpc) is 2.97. The van der Waals surface area contributed by atoms with Crippen LogP contribution < -0.4 is 4.18 Å². The van der Waals surface area contributed by atoms with Crippen molar-refractivity contribution in [2.75, 3.05) is 6.26 Å². The highest BCUT2D eigenvalue weighted by molar-refractivity contribution is 7.86. The number of ketones is 1. The van der Waals surface area contributed by atoms with Crippen molar-refractivity contribution in [1.82, 2.24) is 0 Å². The van der Waals surface area contributed by atoms with Gasteiger partial charge in [-0.25, -0.2) is 0 Å². The monoisotopic (exact) mass is 308 g/mol. The zero-order valence-electron chi connectivity index (χ0n) is 11.8. The fourth-order valence-electron chi connectivity index (χ4n) is 2.85. The molecule has 1 aromatic carbocycles. The summed E-state index contributed by atoms with van der Waals surface area (Å²) in [5.41, 5.74) is 0.361. The Morgan fingerprint density at radius 3 is 2.67 bits per heavy atom. The minimum Gasteiger partial charge on any atom is -0.383 e. The van der Waals surface area contributed by atoms with E-state index in [0.717, 1.165) is 12.7 Å². The van der Waals surface area contributed by atoms with Crippen molar-refractivity contribution < 1.29 is 22.1 Å². The molecule has 0 N–H and O–H groups in total. The van der Waals surface area contributed by atoms with Gasteiger partial charge in [-0.05, 0) is 49.6 Å². The van der Waals surface area contributed by atoms with Crippen molar-refractivity contribution in [2.24, 2.45) is 0 Å². The predicted molar refractivity (Wildman–Crippen MR) is 77.0 cm³/mol. The van der Waals surface area contributed by atoms with E-state index in [1.165, 1.54) is 6.07 Å². The van der Waals surface area contributed by atoms with Crippen LogP contribution in [0.3, 0.4) is 0 Å². The van der Waals surface area contributed by atoms with Crippen LogP contribution in [0.5, 0.6) is 5.75 Å². The zero-order valence-corrected chi connectivity index (χ0v) is 12.6. The van der Waals surface area contributed by atoms with E-state index < -0.39 is 15.7 Å². The average molecular weight is 308 g/mol. The molecule has 6 heteroatoms. The van der Waals surface area contributed by atoms with E-state index in [1.54, 1.807) is 19.1 Å². The van der Waals surface area contributed by atoms with Gasteiger partial charge >= 0.3 is 10.1 Å². The van der Waals surface area contributed by atoms with Gasteiger partial charge in [0.1, 0.15) is 11.4 Å². The zero-order chi connectivity index (χ0) is 15.3. The molecule has 2 heterocycles. The summed E-state index contributed by atoms with van der Waals surface area (Å²) in [4.78, 5) is 12.7. The maximum atomic E-state index is 12.7. The van der Waals surface area contributed by atoms with Crippen molar-refractivity contribution in [2.45, 2.75) is 31.5 Å². The molecule has 0 spiro atoms. The quantitative estimate of drug-likeness (QED) is 0.483. The third kappa shape index (κ3) is 2.61. The van der Waals surface area contributed by atoms with E-state index in [1.807, 2.05) is 12.2 Å². The maximum absolute atomic E-state index is 12.7. The van der Waals surface area contributed by atoms with Gasteiger partial charge in [0, 0.05) is 5.56 Å². The summed E-state index contributed by atoms with van der Waals surface area (Å²) in [5, 5.41) is 0. The Balaban J connectivity index is 1.90. The Morgan fingerprint density at radius 1 is 1.43 bits per heavy atom. The molecule has 2 aliphatic heterocycles. The van der Waals surface area contributed by atoms with Gasteiger partial charge in [-0.1, -0.05) is 6.08 Å². The highest BCUT2D eigenvalue weighted by Gasteiger charge is 2.48. The van der Waals surface area contributed by atoms with E-state index in [2.05, 4.69) is 0 Å². The first-order valence-corrected chi connectivity index (χ1v) is 8.53. The number of aryl methyl sites for hydroxylation is 1. The molecule has 2 bridgehead atoms. The van der Waals surface area contributed by atoms with Crippen LogP contribution >= 0.6 is 0 Å². The van der Waals surface area contributed by atoms with Gasteiger partial charge in [0.15, 0.2) is 5.78 Å². The summed E-state index contributed by atoms with van der Waals surface area (Å²) >= 11 is 0. The molecule has 2 atom stereocenters. The molecule has 0 radical (unpaired) electrons. The first kappa shape index (κ1) is 14.3. The van der Waals surface area contributed by atoms with Crippen molar-refractivity contribution in [3.8, 4) is 5.75 Å². The Labute approximate surface area is 123 Å². The summed E-state index contributed by atoms with van der Waals surface area (Å²) in [7, 11) is -3.57. The molecule has 5 nitrogen and oxygen atoms in total. The van der Waals surface area contributed by atoms with Gasteiger partial charge in [0.25, 0.3) is 0 Å². The molecular formula is C15H16O5S. The molecule has 112 valence electrons. The SMILES string of the molecule is Cc1cc(OS(C)(=O)=O)ccc1C(=O)C12C=CC(CC1)O2. The third-order valence-corrected chi connectivity index (χ3v) is 4.31. The lowest BCUT2D eigenvalue weighted by atomic mass is 9.86. The number of rotatable bonds is 4. The summed E-state index contributed by atoms with van der Waals surface area (Å²) < 4.78 is 32.8. The van der Waals surface area contributed by atoms with Crippen LogP contribution in [0.2, 0.25) is 0 Å². The van der Waals surface area contributed by atoms with Crippen LogP contribution in [0.15, 0.2) is 30.4 Å². The smallest absolute Gasteiger partial charge is 0.306 e. The van der Waals surface area contributed by atoms with Gasteiger partial charge < -0.3 is 8.92 Å². The van der Waals surface area contributed by atoms with Crippen LogP contribution in [0.4, 0.5) is 0 Å². The number of benzene rings is 1. The summed E-state index contributed by atoms with van der Waals surface area (Å²) in [6, 6.07) is 4.63. The molecule has 1 aromatic rings. The lowest BCUT2D eigenvalue weighted by molar-refractivity contribution is 0.0285. The summed E-state index contributed by atoms with van der Waals surface area (Å²) in [5.74, 6) is 0.124. The number of fused-ring (bicyclic) bond motifs is 2. The second-order valence-electron chi connectivity index (χ2n) is 5.54. The van der Waals surface area contributed by atoms with Crippen molar-refractivity contribution in [3.63, 3.8) is 0 Å². The van der Waals surface area contributed by atoms with Crippen LogP contribution in [0.1, 0.15) is 28.8 Å². The van der Waals surface area contributed by atoms with Crippen LogP contribution in [0, 0.1) is 6.92 Å². The molecular weight excluding hydrogens is 292 g/mol. The number of hydrogen-bond acceptors (Lipinski definition) is 5. The van der Waals surface area contributed by atoms with Crippen LogP contribution in [-0.4, -0.2) is 32.2 Å². The standard InChI is InChI=1S/C15H16O5S/c1-10-9-12(20-21(2,17)18)3-4-13(10)14(16)15-7-5-11(19-15)6-8-15/h3-5,7,9,11H,6,8H2,1-2H3. The molecule has 0 saturated carbocycles. The molecule has 2 unspecified atom stereocenters. The topological polar surface area (TPSA) is 69.7 Å². The maximum Gasteiger partial charge on any atom is 0.306 e. The second-order valence-corrected chi connectivity index (χ2v) is 7.11. The highest BCUT2D eigenvalue weighted by atomic mass is 32.2. The lowest BCUT2D eigenvalue weighted by Gasteiger charge is -2.21. The number of hydrogen-bond donors (Lipinski definition) is 0. The van der Waals surface area contributed by atoms with E-state index >= 15 is 0 Å². The Hall–Kier alpha value is -1.66. The lowest BCUT2D eigenvalue weighted by Crippen LogP contribution is -2.34. The minimum atomic E-state index is -3.57. The Morgan fingerprint density at radius 2 is 2.19 bits per heavy atom. The molecule has 2 aliphatic rings. The number of Topliss-reactive ketones (excluding diaryl/α,β-unsaturated/α-hetero) is 1. The highest BCUT2D eigenvalue weighted by Crippen LogP contribution is 2.41. The largest absolute Gasteiger partial charge is 0.383 e. The molecule has 0 aromatic heterocycles. The van der Waals surface area contributed by atoms with Gasteiger partial charge in [-0.15, -0.1) is 0 Å². The molecule has 3 rings (SSSR count). The fraction of sp³-hybridized carbons (Fsp3) is 0.400. The van der Waals surface area contributed by atoms with Gasteiger partial charge in [-0.2, -0.15) is 8.42 Å². The molecule has 1 saturated heterocycles. The second kappa shape index (κ2) is 4.68. The summed E-state index contributed by atoms with van der Waals surface area (Å²) in [6.45, 7) is 1.75. The van der Waals surface area contributed by atoms with E-state index in [4.69, 9.17) is 8.92 Å². The van der Waals surface area contributed by atoms with Crippen molar-refractivity contribution in [3.05, 3.63) is 41.5 Å². The van der Waals surface area contributed by atoms with E-state index in [9.17, 15) is 13.2 Å². The van der Waals surface area contributed by atoms with Gasteiger partial charge in [-0.3, -0.25) is 4.79 Å². The Kier molecular flexibility index (Phi) is 3.18. The van der Waals surface area contributed by atoms with Crippen molar-refractivity contribution >= 4 is 15.9 Å². The minimum absolute atomic E-state index is 0.0436. The molecule has 0 aliphatic carbocycles. The number of ether oxygens (including phenoxy) is 1. The molecule has 0 amide bonds. The molecule has 21 heavy (non-hydrogen) atoms. The fourth-order valence-corrected chi connectivity index (χ4v) is 3.31. The number of carbonyl (C=O) groups is 1. The predicted octanol–water partition coefficient (Wildman–Crippen LogP) is 2.00. The first-order valence-electron chi connectivity index (χ1n) is 6.71. The number of carbonyl (C=O) groups excluding carboxylic acids is 1. The van der Waals surface area contributed by atoms with Gasteiger partial charge in [0.2, 0.25) is 0 Å². The Bertz CT molecular complexity index is 734. The molecule has 1 fully saturated rings. The van der Waals surface area contributed by atoms with Crippen molar-refractivity contribution in [1.29, 1.82) is 0 Å². The van der Waals surface area contributed by atoms with E-state index in [-0.39, 0.29) is 17.6 Å². The third-order valence-electron chi connectivity index (χ3n) is 3.82. The summed E-state index contributed by atoms with van der Waals surface area (Å²) in [6.07, 6.45) is 6.34. The normalized spacial score (nSPS) is 27.0. The van der Waals surface area contributed by atoms with Crippen LogP contribution in [0.25, 0.3) is 0 Å². The van der Waals surface area contributed by atoms with Gasteiger partial charge in [0.05, 0.1) is 12.4 Å².